The molecule has 1 amide bonds. The van der Waals surface area contributed by atoms with Crippen LogP contribution in [0.3, 0.4) is 0 Å². The number of carbonyl (C=O) groups is 1. The molecule has 0 atom stereocenters. The number of rotatable bonds is 5. The first-order valence-corrected chi connectivity index (χ1v) is 8.40. The zero-order valence-corrected chi connectivity index (χ0v) is 14.9. The summed E-state index contributed by atoms with van der Waals surface area (Å²) in [5.41, 5.74) is 3.69. The third-order valence-corrected chi connectivity index (χ3v) is 4.53. The molecule has 26 heavy (non-hydrogen) atoms. The molecule has 3 rings (SSSR count). The van der Waals surface area contributed by atoms with Crippen LogP contribution in [0.15, 0.2) is 36.4 Å². The van der Waals surface area contributed by atoms with E-state index in [1.165, 1.54) is 5.56 Å². The number of nitrogens with zero attached hydrogens (tertiary/aromatic N) is 2. The van der Waals surface area contributed by atoms with E-state index in [4.69, 9.17) is 14.7 Å². The van der Waals surface area contributed by atoms with Crippen LogP contribution in [0.1, 0.15) is 16.7 Å². The number of anilines is 1. The number of carbonyl (C=O) groups excluding carboxylic acids is 1. The van der Waals surface area contributed by atoms with E-state index in [2.05, 4.69) is 11.4 Å². The Labute approximate surface area is 152 Å². The minimum absolute atomic E-state index is 0.0368. The second-order valence-electron chi connectivity index (χ2n) is 6.08. The van der Waals surface area contributed by atoms with Crippen LogP contribution in [-0.2, 0) is 17.8 Å². The Morgan fingerprint density at radius 1 is 1.15 bits per heavy atom. The van der Waals surface area contributed by atoms with Gasteiger partial charge in [-0.1, -0.05) is 0 Å². The SMILES string of the molecule is COc1cc2c(cc1OC)CN(C(=O)CNc1ccc(C#N)cc1)CC2. The van der Waals surface area contributed by atoms with Crippen LogP contribution in [0.25, 0.3) is 0 Å². The molecule has 0 saturated carbocycles. The highest BCUT2D eigenvalue weighted by Gasteiger charge is 2.22. The van der Waals surface area contributed by atoms with Gasteiger partial charge in [0.1, 0.15) is 0 Å². The van der Waals surface area contributed by atoms with Crippen molar-refractivity contribution in [3.63, 3.8) is 0 Å². The van der Waals surface area contributed by atoms with Crippen molar-refractivity contribution in [1.82, 2.24) is 4.90 Å². The molecule has 2 aromatic carbocycles. The summed E-state index contributed by atoms with van der Waals surface area (Å²) in [7, 11) is 3.23. The Hall–Kier alpha value is -3.20. The van der Waals surface area contributed by atoms with Gasteiger partial charge in [0.25, 0.3) is 0 Å². The van der Waals surface area contributed by atoms with Crippen LogP contribution < -0.4 is 14.8 Å². The smallest absolute Gasteiger partial charge is 0.242 e. The molecule has 0 unspecified atom stereocenters. The van der Waals surface area contributed by atoms with Crippen molar-refractivity contribution in [2.24, 2.45) is 0 Å². The first kappa shape index (κ1) is 17.6. The van der Waals surface area contributed by atoms with Gasteiger partial charge in [-0.3, -0.25) is 4.79 Å². The van der Waals surface area contributed by atoms with Crippen molar-refractivity contribution < 1.29 is 14.3 Å². The fourth-order valence-electron chi connectivity index (χ4n) is 3.05. The number of nitriles is 1. The van der Waals surface area contributed by atoms with Crippen molar-refractivity contribution in [3.05, 3.63) is 53.1 Å². The Balaban J connectivity index is 1.64. The molecule has 0 spiro atoms. The first-order chi connectivity index (χ1) is 12.6. The Kier molecular flexibility index (Phi) is 5.28. The molecule has 2 aromatic rings. The quantitative estimate of drug-likeness (QED) is 0.896. The van der Waals surface area contributed by atoms with E-state index in [1.54, 1.807) is 38.5 Å². The highest BCUT2D eigenvalue weighted by molar-refractivity contribution is 5.81. The second kappa shape index (κ2) is 7.79. The van der Waals surface area contributed by atoms with Crippen molar-refractivity contribution >= 4 is 11.6 Å². The monoisotopic (exact) mass is 351 g/mol. The lowest BCUT2D eigenvalue weighted by Gasteiger charge is -2.30. The number of ether oxygens (including phenoxy) is 2. The van der Waals surface area contributed by atoms with Gasteiger partial charge in [-0.15, -0.1) is 0 Å². The van der Waals surface area contributed by atoms with Crippen LogP contribution >= 0.6 is 0 Å². The third-order valence-electron chi connectivity index (χ3n) is 4.53. The Bertz CT molecular complexity index is 841. The summed E-state index contributed by atoms with van der Waals surface area (Å²) in [6.07, 6.45) is 0.790. The predicted octanol–water partition coefficient (Wildman–Crippen LogP) is 2.57. The Morgan fingerprint density at radius 2 is 1.81 bits per heavy atom. The van der Waals surface area contributed by atoms with Crippen LogP contribution in [0.2, 0.25) is 0 Å². The summed E-state index contributed by atoms with van der Waals surface area (Å²) in [6.45, 7) is 1.45. The van der Waals surface area contributed by atoms with Crippen molar-refractivity contribution in [3.8, 4) is 17.6 Å². The number of methoxy groups -OCH3 is 2. The maximum atomic E-state index is 12.5. The average Bonchev–Trinajstić information content (AvgIpc) is 2.70. The molecule has 1 heterocycles. The standard InChI is InChI=1S/C20H21N3O3/c1-25-18-9-15-7-8-23(13-16(15)10-19(18)26-2)20(24)12-22-17-5-3-14(11-21)4-6-17/h3-6,9-10,22H,7-8,12-13H2,1-2H3. The molecule has 0 bridgehead atoms. The van der Waals surface area contributed by atoms with E-state index in [0.717, 1.165) is 17.7 Å². The zero-order chi connectivity index (χ0) is 18.5. The van der Waals surface area contributed by atoms with Crippen molar-refractivity contribution in [1.29, 1.82) is 5.26 Å². The summed E-state index contributed by atoms with van der Waals surface area (Å²) < 4.78 is 10.7. The van der Waals surface area contributed by atoms with Gasteiger partial charge in [0.15, 0.2) is 11.5 Å². The fourth-order valence-corrected chi connectivity index (χ4v) is 3.05. The minimum Gasteiger partial charge on any atom is -0.493 e. The lowest BCUT2D eigenvalue weighted by Crippen LogP contribution is -2.39. The van der Waals surface area contributed by atoms with E-state index in [-0.39, 0.29) is 12.5 Å². The van der Waals surface area contributed by atoms with Crippen molar-refractivity contribution in [2.45, 2.75) is 13.0 Å². The van der Waals surface area contributed by atoms with Gasteiger partial charge in [-0.25, -0.2) is 0 Å². The molecular weight excluding hydrogens is 330 g/mol. The number of hydrogen-bond acceptors (Lipinski definition) is 5. The molecule has 0 radical (unpaired) electrons. The maximum absolute atomic E-state index is 12.5. The van der Waals surface area contributed by atoms with Gasteiger partial charge in [-0.05, 0) is 53.9 Å². The van der Waals surface area contributed by atoms with Gasteiger partial charge in [0.2, 0.25) is 5.91 Å². The molecule has 0 fully saturated rings. The van der Waals surface area contributed by atoms with E-state index in [0.29, 0.717) is 30.2 Å². The molecule has 1 aliphatic rings. The molecule has 0 aliphatic carbocycles. The molecule has 6 heteroatoms. The lowest BCUT2D eigenvalue weighted by atomic mass is 9.98. The van der Waals surface area contributed by atoms with Gasteiger partial charge < -0.3 is 19.7 Å². The van der Waals surface area contributed by atoms with Crippen LogP contribution in [-0.4, -0.2) is 38.1 Å². The summed E-state index contributed by atoms with van der Waals surface area (Å²) in [5, 5.41) is 11.9. The zero-order valence-electron chi connectivity index (χ0n) is 14.9. The fraction of sp³-hybridized carbons (Fsp3) is 0.300. The van der Waals surface area contributed by atoms with E-state index < -0.39 is 0 Å². The van der Waals surface area contributed by atoms with Gasteiger partial charge in [0, 0.05) is 18.8 Å². The van der Waals surface area contributed by atoms with E-state index in [9.17, 15) is 4.79 Å². The molecule has 0 saturated heterocycles. The van der Waals surface area contributed by atoms with E-state index in [1.807, 2.05) is 17.0 Å². The van der Waals surface area contributed by atoms with Crippen LogP contribution in [0.5, 0.6) is 11.5 Å². The summed E-state index contributed by atoms with van der Waals surface area (Å²) in [4.78, 5) is 14.4. The number of benzene rings is 2. The summed E-state index contributed by atoms with van der Waals surface area (Å²) in [5.74, 6) is 1.43. The van der Waals surface area contributed by atoms with Crippen molar-refractivity contribution in [2.75, 3.05) is 32.6 Å². The normalized spacial score (nSPS) is 12.7. The minimum atomic E-state index is 0.0368. The summed E-state index contributed by atoms with van der Waals surface area (Å²) >= 11 is 0. The third kappa shape index (κ3) is 3.72. The second-order valence-corrected chi connectivity index (χ2v) is 6.08. The predicted molar refractivity (Wildman–Crippen MR) is 98.3 cm³/mol. The first-order valence-electron chi connectivity index (χ1n) is 8.40. The molecule has 1 N–H and O–H groups in total. The molecule has 6 nitrogen and oxygen atoms in total. The number of amides is 1. The topological polar surface area (TPSA) is 74.6 Å². The van der Waals surface area contributed by atoms with E-state index >= 15 is 0 Å². The van der Waals surface area contributed by atoms with Crippen LogP contribution in [0, 0.1) is 11.3 Å². The highest BCUT2D eigenvalue weighted by Crippen LogP contribution is 2.33. The van der Waals surface area contributed by atoms with Gasteiger partial charge >= 0.3 is 0 Å². The summed E-state index contributed by atoms with van der Waals surface area (Å²) in [6, 6.07) is 13.1. The molecular formula is C20H21N3O3. The van der Waals surface area contributed by atoms with Gasteiger partial charge in [-0.2, -0.15) is 5.26 Å². The maximum Gasteiger partial charge on any atom is 0.242 e. The van der Waals surface area contributed by atoms with Gasteiger partial charge in [0.05, 0.1) is 32.4 Å². The lowest BCUT2D eigenvalue weighted by molar-refractivity contribution is -0.130. The molecule has 1 aliphatic heterocycles. The van der Waals surface area contributed by atoms with Crippen LogP contribution in [0.4, 0.5) is 5.69 Å². The Morgan fingerprint density at radius 3 is 2.42 bits per heavy atom. The number of fused-ring (bicyclic) bond motifs is 1. The largest absolute Gasteiger partial charge is 0.493 e. The highest BCUT2D eigenvalue weighted by atomic mass is 16.5. The molecule has 0 aromatic heterocycles. The number of hydrogen-bond donors (Lipinski definition) is 1. The number of nitrogens with one attached hydrogen (secondary N) is 1. The average molecular weight is 351 g/mol. The molecule has 134 valence electrons.